The molecule has 0 amide bonds. The number of nitrogens with two attached hydrogens (primary N) is 1. The average Bonchev–Trinajstić information content (AvgIpc) is 2.56. The first-order valence-electron chi connectivity index (χ1n) is 6.46. The number of hydrogen-bond acceptors (Lipinski definition) is 4. The molecule has 0 aliphatic carbocycles. The summed E-state index contributed by atoms with van der Waals surface area (Å²) in [6.45, 7) is 0. The van der Waals surface area contributed by atoms with Crippen molar-refractivity contribution in [2.75, 3.05) is 5.73 Å². The van der Waals surface area contributed by atoms with Crippen molar-refractivity contribution in [3.63, 3.8) is 0 Å². The molecule has 0 atom stereocenters. The van der Waals surface area contributed by atoms with Gasteiger partial charge in [0.2, 0.25) is 0 Å². The summed E-state index contributed by atoms with van der Waals surface area (Å²) in [5.74, 6) is 0.613. The minimum Gasteiger partial charge on any atom is -0.396 e. The molecule has 0 bridgehead atoms. The monoisotopic (exact) mass is 272 g/mol. The Bertz CT molecular complexity index is 820. The molecule has 0 spiro atoms. The van der Waals surface area contributed by atoms with E-state index in [2.05, 4.69) is 16.0 Å². The molecule has 2 N–H and O–H groups in total. The molecular weight excluding hydrogens is 260 g/mol. The van der Waals surface area contributed by atoms with Crippen molar-refractivity contribution >= 4 is 5.69 Å². The fourth-order valence-electron chi connectivity index (χ4n) is 2.08. The SMILES string of the molecule is N#Cc1cccc(-c2nc(-c3ccccc3)ncc2N)c1. The van der Waals surface area contributed by atoms with Crippen molar-refractivity contribution in [3.8, 4) is 28.7 Å². The zero-order valence-electron chi connectivity index (χ0n) is 11.2. The topological polar surface area (TPSA) is 75.6 Å². The van der Waals surface area contributed by atoms with Gasteiger partial charge in [-0.2, -0.15) is 5.26 Å². The Morgan fingerprint density at radius 3 is 2.48 bits per heavy atom. The average molecular weight is 272 g/mol. The number of nitrogens with zero attached hydrogens (tertiary/aromatic N) is 3. The summed E-state index contributed by atoms with van der Waals surface area (Å²) in [4.78, 5) is 8.82. The smallest absolute Gasteiger partial charge is 0.159 e. The maximum Gasteiger partial charge on any atom is 0.159 e. The van der Waals surface area contributed by atoms with Crippen LogP contribution in [0, 0.1) is 11.3 Å². The number of anilines is 1. The van der Waals surface area contributed by atoms with Crippen molar-refractivity contribution in [2.45, 2.75) is 0 Å². The van der Waals surface area contributed by atoms with E-state index in [1.807, 2.05) is 42.5 Å². The number of nitriles is 1. The Balaban J connectivity index is 2.13. The molecule has 0 radical (unpaired) electrons. The van der Waals surface area contributed by atoms with Gasteiger partial charge in [0.1, 0.15) is 0 Å². The molecule has 0 aliphatic heterocycles. The molecule has 4 heteroatoms. The molecule has 0 saturated heterocycles. The molecule has 1 aromatic heterocycles. The van der Waals surface area contributed by atoms with Gasteiger partial charge in [0.25, 0.3) is 0 Å². The van der Waals surface area contributed by atoms with Crippen LogP contribution in [0.2, 0.25) is 0 Å². The van der Waals surface area contributed by atoms with Crippen molar-refractivity contribution < 1.29 is 0 Å². The zero-order chi connectivity index (χ0) is 14.7. The molecule has 100 valence electrons. The molecule has 0 aliphatic rings. The maximum atomic E-state index is 9.00. The molecule has 21 heavy (non-hydrogen) atoms. The molecule has 0 fully saturated rings. The summed E-state index contributed by atoms with van der Waals surface area (Å²) in [5, 5.41) is 9.00. The predicted octanol–water partition coefficient (Wildman–Crippen LogP) is 3.26. The number of rotatable bonds is 2. The van der Waals surface area contributed by atoms with E-state index in [0.717, 1.165) is 11.1 Å². The van der Waals surface area contributed by atoms with Gasteiger partial charge in [0.05, 0.1) is 29.2 Å². The Morgan fingerprint density at radius 1 is 0.952 bits per heavy atom. The Morgan fingerprint density at radius 2 is 1.71 bits per heavy atom. The van der Waals surface area contributed by atoms with Crippen LogP contribution >= 0.6 is 0 Å². The van der Waals surface area contributed by atoms with E-state index in [0.29, 0.717) is 22.8 Å². The maximum absolute atomic E-state index is 9.00. The van der Waals surface area contributed by atoms with Crippen molar-refractivity contribution in [1.29, 1.82) is 5.26 Å². The van der Waals surface area contributed by atoms with Crippen LogP contribution in [0.3, 0.4) is 0 Å². The van der Waals surface area contributed by atoms with Gasteiger partial charge in [-0.3, -0.25) is 0 Å². The van der Waals surface area contributed by atoms with Gasteiger partial charge in [0, 0.05) is 11.1 Å². The molecule has 0 unspecified atom stereocenters. The molecule has 3 aromatic rings. The standard InChI is InChI=1S/C17H12N4/c18-10-12-5-4-8-14(9-12)16-15(19)11-20-17(21-16)13-6-2-1-3-7-13/h1-9,11H,19H2. The number of benzene rings is 2. The largest absolute Gasteiger partial charge is 0.396 e. The molecule has 3 rings (SSSR count). The van der Waals surface area contributed by atoms with E-state index in [4.69, 9.17) is 11.0 Å². The third kappa shape index (κ3) is 2.58. The van der Waals surface area contributed by atoms with Crippen LogP contribution in [0.5, 0.6) is 0 Å². The highest BCUT2D eigenvalue weighted by atomic mass is 14.9. The highest BCUT2D eigenvalue weighted by Crippen LogP contribution is 2.26. The molecule has 0 saturated carbocycles. The zero-order valence-corrected chi connectivity index (χ0v) is 11.2. The number of nitrogen functional groups attached to an aromatic ring is 1. The lowest BCUT2D eigenvalue weighted by atomic mass is 10.1. The van der Waals surface area contributed by atoms with Gasteiger partial charge in [-0.1, -0.05) is 42.5 Å². The number of aromatic nitrogens is 2. The Hall–Kier alpha value is -3.19. The van der Waals surface area contributed by atoms with Gasteiger partial charge in [0.15, 0.2) is 5.82 Å². The molecule has 4 nitrogen and oxygen atoms in total. The second-order valence-corrected chi connectivity index (χ2v) is 4.56. The quantitative estimate of drug-likeness (QED) is 0.776. The minimum absolute atomic E-state index is 0.491. The molecule has 2 aromatic carbocycles. The van der Waals surface area contributed by atoms with Crippen LogP contribution in [0.25, 0.3) is 22.6 Å². The summed E-state index contributed by atoms with van der Waals surface area (Å²) in [7, 11) is 0. The highest BCUT2D eigenvalue weighted by Gasteiger charge is 2.09. The minimum atomic E-state index is 0.491. The fourth-order valence-corrected chi connectivity index (χ4v) is 2.08. The van der Waals surface area contributed by atoms with Crippen LogP contribution in [0.4, 0.5) is 5.69 Å². The van der Waals surface area contributed by atoms with Crippen LogP contribution < -0.4 is 5.73 Å². The van der Waals surface area contributed by atoms with E-state index >= 15 is 0 Å². The van der Waals surface area contributed by atoms with Crippen LogP contribution in [0.1, 0.15) is 5.56 Å². The van der Waals surface area contributed by atoms with E-state index in [-0.39, 0.29) is 0 Å². The van der Waals surface area contributed by atoms with Crippen LogP contribution in [-0.2, 0) is 0 Å². The van der Waals surface area contributed by atoms with E-state index in [1.165, 1.54) is 0 Å². The van der Waals surface area contributed by atoms with E-state index < -0.39 is 0 Å². The molecular formula is C17H12N4. The summed E-state index contributed by atoms with van der Waals surface area (Å²) < 4.78 is 0. The van der Waals surface area contributed by atoms with Gasteiger partial charge in [-0.05, 0) is 12.1 Å². The van der Waals surface area contributed by atoms with Crippen molar-refractivity contribution in [3.05, 3.63) is 66.4 Å². The first-order valence-corrected chi connectivity index (χ1v) is 6.46. The normalized spacial score (nSPS) is 10.0. The van der Waals surface area contributed by atoms with E-state index in [9.17, 15) is 0 Å². The second-order valence-electron chi connectivity index (χ2n) is 4.56. The highest BCUT2D eigenvalue weighted by molar-refractivity contribution is 5.74. The first-order chi connectivity index (χ1) is 10.3. The lowest BCUT2D eigenvalue weighted by Gasteiger charge is -2.07. The summed E-state index contributed by atoms with van der Waals surface area (Å²) >= 11 is 0. The predicted molar refractivity (Wildman–Crippen MR) is 82.0 cm³/mol. The van der Waals surface area contributed by atoms with E-state index in [1.54, 1.807) is 18.3 Å². The van der Waals surface area contributed by atoms with Gasteiger partial charge in [-0.15, -0.1) is 0 Å². The van der Waals surface area contributed by atoms with Crippen molar-refractivity contribution in [1.82, 2.24) is 9.97 Å². The molecule has 1 heterocycles. The summed E-state index contributed by atoms with van der Waals surface area (Å²) in [6.07, 6.45) is 1.60. The summed E-state index contributed by atoms with van der Waals surface area (Å²) in [6, 6.07) is 19.0. The lowest BCUT2D eigenvalue weighted by Crippen LogP contribution is -1.98. The third-order valence-electron chi connectivity index (χ3n) is 3.11. The Labute approximate surface area is 122 Å². The summed E-state index contributed by atoms with van der Waals surface area (Å²) in [5.41, 5.74) is 9.43. The van der Waals surface area contributed by atoms with Crippen LogP contribution in [-0.4, -0.2) is 9.97 Å². The van der Waals surface area contributed by atoms with Crippen LogP contribution in [0.15, 0.2) is 60.8 Å². The van der Waals surface area contributed by atoms with Gasteiger partial charge in [-0.25, -0.2) is 9.97 Å². The van der Waals surface area contributed by atoms with Gasteiger partial charge >= 0.3 is 0 Å². The fraction of sp³-hybridized carbons (Fsp3) is 0. The van der Waals surface area contributed by atoms with Gasteiger partial charge < -0.3 is 5.73 Å². The van der Waals surface area contributed by atoms with Crippen molar-refractivity contribution in [2.24, 2.45) is 0 Å². The second kappa shape index (κ2) is 5.43. The number of hydrogen-bond donors (Lipinski definition) is 1. The Kier molecular flexibility index (Phi) is 3.32. The lowest BCUT2D eigenvalue weighted by molar-refractivity contribution is 1.18. The first kappa shape index (κ1) is 12.8. The third-order valence-corrected chi connectivity index (χ3v) is 3.11.